The number of nitrogens with zero attached hydrogens (tertiary/aromatic N) is 3. The largest absolute Gasteiger partial charge is 0.507 e. The van der Waals surface area contributed by atoms with Crippen LogP contribution in [-0.2, 0) is 11.3 Å². The van der Waals surface area contributed by atoms with Gasteiger partial charge in [-0.1, -0.05) is 11.2 Å². The Morgan fingerprint density at radius 3 is 3.00 bits per heavy atom. The fourth-order valence-electron chi connectivity index (χ4n) is 1.07. The highest BCUT2D eigenvalue weighted by molar-refractivity contribution is 5.92. The molecule has 1 aromatic rings. The van der Waals surface area contributed by atoms with Crippen molar-refractivity contribution in [2.45, 2.75) is 6.54 Å². The Morgan fingerprint density at radius 1 is 1.67 bits per heavy atom. The molecule has 0 unspecified atom stereocenters. The number of aromatic hydroxyl groups is 1. The number of carbonyl (C=O) groups excluding carboxylic acids is 1. The van der Waals surface area contributed by atoms with Crippen molar-refractivity contribution in [3.05, 3.63) is 39.8 Å². The zero-order valence-electron chi connectivity index (χ0n) is 8.04. The summed E-state index contributed by atoms with van der Waals surface area (Å²) in [5.41, 5.74) is 8.81. The minimum absolute atomic E-state index is 0.0585. The lowest BCUT2D eigenvalue weighted by Gasteiger charge is -2.04. The maximum absolute atomic E-state index is 11.2. The van der Waals surface area contributed by atoms with Crippen LogP contribution in [0, 0.1) is 0 Å². The van der Waals surface area contributed by atoms with Crippen LogP contribution in [0.15, 0.2) is 23.3 Å². The first-order valence-electron chi connectivity index (χ1n) is 4.10. The number of phenols is 1. The summed E-state index contributed by atoms with van der Waals surface area (Å²) in [7, 11) is 1.22. The molecule has 6 heteroatoms. The Bertz CT molecular complexity index is 425. The fraction of sp³-hybridized carbons (Fsp3) is 0.222. The van der Waals surface area contributed by atoms with Gasteiger partial charge in [0.25, 0.3) is 0 Å². The number of esters is 1. The summed E-state index contributed by atoms with van der Waals surface area (Å²) in [5.74, 6) is -0.790. The highest BCUT2D eigenvalue weighted by Crippen LogP contribution is 2.19. The van der Waals surface area contributed by atoms with Crippen LogP contribution >= 0.6 is 0 Å². The Balaban J connectivity index is 3.04. The molecule has 0 aromatic heterocycles. The molecule has 0 fully saturated rings. The summed E-state index contributed by atoms with van der Waals surface area (Å²) in [4.78, 5) is 13.8. The number of hydrogen-bond donors (Lipinski definition) is 1. The summed E-state index contributed by atoms with van der Waals surface area (Å²) < 4.78 is 4.47. The van der Waals surface area contributed by atoms with Crippen molar-refractivity contribution >= 4 is 5.97 Å². The average Bonchev–Trinajstić information content (AvgIpc) is 2.27. The van der Waals surface area contributed by atoms with Gasteiger partial charge in [-0.25, -0.2) is 4.79 Å². The number of ether oxygens (including phenoxy) is 1. The first kappa shape index (κ1) is 10.9. The molecule has 0 amide bonds. The summed E-state index contributed by atoms with van der Waals surface area (Å²) in [6.45, 7) is 0.126. The van der Waals surface area contributed by atoms with E-state index < -0.39 is 5.97 Å². The van der Waals surface area contributed by atoms with E-state index in [4.69, 9.17) is 5.53 Å². The van der Waals surface area contributed by atoms with E-state index in [1.807, 2.05) is 0 Å². The third-order valence-corrected chi connectivity index (χ3v) is 1.78. The summed E-state index contributed by atoms with van der Waals surface area (Å²) in [5, 5.41) is 12.7. The second-order valence-corrected chi connectivity index (χ2v) is 2.73. The molecule has 15 heavy (non-hydrogen) atoms. The van der Waals surface area contributed by atoms with E-state index in [0.29, 0.717) is 5.56 Å². The number of phenolic OH excluding ortho intramolecular Hbond substituents is 1. The predicted octanol–water partition coefficient (Wildman–Crippen LogP) is 1.99. The normalized spacial score (nSPS) is 9.13. The van der Waals surface area contributed by atoms with Crippen molar-refractivity contribution in [2.24, 2.45) is 5.11 Å². The Morgan fingerprint density at radius 2 is 2.40 bits per heavy atom. The molecular weight excluding hydrogens is 198 g/mol. The van der Waals surface area contributed by atoms with Crippen LogP contribution in [0.4, 0.5) is 0 Å². The summed E-state index contributed by atoms with van der Waals surface area (Å²) >= 11 is 0. The van der Waals surface area contributed by atoms with Crippen LogP contribution in [0.25, 0.3) is 10.4 Å². The van der Waals surface area contributed by atoms with Crippen LogP contribution in [-0.4, -0.2) is 18.2 Å². The van der Waals surface area contributed by atoms with Crippen molar-refractivity contribution in [2.75, 3.05) is 7.11 Å². The van der Waals surface area contributed by atoms with Crippen LogP contribution < -0.4 is 0 Å². The maximum atomic E-state index is 11.2. The topological polar surface area (TPSA) is 95.3 Å². The van der Waals surface area contributed by atoms with Gasteiger partial charge in [0.1, 0.15) is 11.3 Å². The quantitative estimate of drug-likeness (QED) is 0.355. The Labute approximate surface area is 85.7 Å². The lowest BCUT2D eigenvalue weighted by Crippen LogP contribution is -2.02. The zero-order chi connectivity index (χ0) is 11.3. The van der Waals surface area contributed by atoms with Crippen LogP contribution in [0.1, 0.15) is 15.9 Å². The molecule has 0 spiro atoms. The maximum Gasteiger partial charge on any atom is 0.341 e. The molecule has 0 aliphatic carbocycles. The van der Waals surface area contributed by atoms with Gasteiger partial charge in [-0.15, -0.1) is 0 Å². The second kappa shape index (κ2) is 4.88. The number of hydrogen-bond acceptors (Lipinski definition) is 4. The number of carbonyl (C=O) groups is 1. The molecule has 1 rings (SSSR count). The summed E-state index contributed by atoms with van der Waals surface area (Å²) in [6.07, 6.45) is 0. The van der Waals surface area contributed by atoms with E-state index in [2.05, 4.69) is 14.8 Å². The molecule has 0 aliphatic rings. The highest BCUT2D eigenvalue weighted by Gasteiger charge is 2.11. The fourth-order valence-corrected chi connectivity index (χ4v) is 1.07. The van der Waals surface area contributed by atoms with Crippen molar-refractivity contribution in [3.8, 4) is 5.75 Å². The molecule has 0 heterocycles. The van der Waals surface area contributed by atoms with Gasteiger partial charge in [-0.05, 0) is 23.2 Å². The zero-order valence-corrected chi connectivity index (χ0v) is 8.04. The summed E-state index contributed by atoms with van der Waals surface area (Å²) in [6, 6.07) is 4.35. The second-order valence-electron chi connectivity index (χ2n) is 2.73. The van der Waals surface area contributed by atoms with Gasteiger partial charge in [-0.2, -0.15) is 0 Å². The average molecular weight is 207 g/mol. The van der Waals surface area contributed by atoms with Crippen molar-refractivity contribution in [1.29, 1.82) is 0 Å². The van der Waals surface area contributed by atoms with Crippen LogP contribution in [0.3, 0.4) is 0 Å². The smallest absolute Gasteiger partial charge is 0.341 e. The van der Waals surface area contributed by atoms with Gasteiger partial charge in [0.15, 0.2) is 0 Å². The molecule has 6 nitrogen and oxygen atoms in total. The first-order chi connectivity index (χ1) is 7.19. The van der Waals surface area contributed by atoms with E-state index in [0.717, 1.165) is 0 Å². The molecule has 0 aliphatic heterocycles. The molecule has 0 saturated carbocycles. The molecule has 0 saturated heterocycles. The molecule has 0 radical (unpaired) electrons. The number of methoxy groups -OCH3 is 1. The van der Waals surface area contributed by atoms with Crippen molar-refractivity contribution < 1.29 is 14.6 Å². The van der Waals surface area contributed by atoms with Crippen molar-refractivity contribution in [3.63, 3.8) is 0 Å². The molecule has 0 atom stereocenters. The SMILES string of the molecule is COC(=O)c1cc(CN=[N+]=[N-])ccc1O. The number of azide groups is 1. The number of rotatable bonds is 3. The van der Waals surface area contributed by atoms with Crippen LogP contribution in [0.5, 0.6) is 5.75 Å². The minimum atomic E-state index is -0.629. The number of benzene rings is 1. The van der Waals surface area contributed by atoms with Gasteiger partial charge < -0.3 is 9.84 Å². The van der Waals surface area contributed by atoms with Crippen LogP contribution in [0.2, 0.25) is 0 Å². The third-order valence-electron chi connectivity index (χ3n) is 1.78. The van der Waals surface area contributed by atoms with Gasteiger partial charge >= 0.3 is 5.97 Å². The van der Waals surface area contributed by atoms with E-state index in [1.165, 1.54) is 19.2 Å². The molecule has 1 aromatic carbocycles. The lowest BCUT2D eigenvalue weighted by atomic mass is 10.1. The molecule has 1 N–H and O–H groups in total. The highest BCUT2D eigenvalue weighted by atomic mass is 16.5. The van der Waals surface area contributed by atoms with Gasteiger partial charge in [0, 0.05) is 4.91 Å². The first-order valence-corrected chi connectivity index (χ1v) is 4.10. The minimum Gasteiger partial charge on any atom is -0.507 e. The van der Waals surface area contributed by atoms with E-state index >= 15 is 0 Å². The Hall–Kier alpha value is -2.20. The van der Waals surface area contributed by atoms with Gasteiger partial charge in [0.05, 0.1) is 13.7 Å². The van der Waals surface area contributed by atoms with Crippen molar-refractivity contribution in [1.82, 2.24) is 0 Å². The molecule has 0 bridgehead atoms. The third kappa shape index (κ3) is 2.62. The van der Waals surface area contributed by atoms with E-state index in [1.54, 1.807) is 6.07 Å². The van der Waals surface area contributed by atoms with Gasteiger partial charge in [-0.3, -0.25) is 0 Å². The molecule has 78 valence electrons. The lowest BCUT2D eigenvalue weighted by molar-refractivity contribution is 0.0597. The monoisotopic (exact) mass is 207 g/mol. The predicted molar refractivity (Wildman–Crippen MR) is 52.3 cm³/mol. The molecular formula is C9H9N3O3. The standard InChI is InChI=1S/C9H9N3O3/c1-15-9(14)7-4-6(5-11-12-10)2-3-8(7)13/h2-4,13H,5H2,1H3. The van der Waals surface area contributed by atoms with E-state index in [9.17, 15) is 9.90 Å². The van der Waals surface area contributed by atoms with Gasteiger partial charge in [0.2, 0.25) is 0 Å². The van der Waals surface area contributed by atoms with E-state index in [-0.39, 0.29) is 17.9 Å². The Kier molecular flexibility index (Phi) is 3.54.